The Morgan fingerprint density at radius 1 is 1.20 bits per heavy atom. The maximum Gasteiger partial charge on any atom is 0.161 e. The minimum atomic E-state index is 0.626. The predicted octanol–water partition coefficient (Wildman–Crippen LogP) is 4.39. The first-order valence-electron chi connectivity index (χ1n) is 6.62. The second-order valence-electron chi connectivity index (χ2n) is 4.85. The molecule has 1 aromatic carbocycles. The number of aromatic nitrogens is 2. The number of nitrogens with zero attached hydrogens (tertiary/aromatic N) is 2. The summed E-state index contributed by atoms with van der Waals surface area (Å²) in [7, 11) is 1.92. The van der Waals surface area contributed by atoms with Crippen molar-refractivity contribution in [1.82, 2.24) is 9.97 Å². The third-order valence-electron chi connectivity index (χ3n) is 3.43. The molecule has 0 radical (unpaired) electrons. The number of hydrogen-bond acceptors (Lipinski definition) is 4. The van der Waals surface area contributed by atoms with Crippen molar-refractivity contribution in [2.75, 3.05) is 18.6 Å². The van der Waals surface area contributed by atoms with Crippen molar-refractivity contribution < 1.29 is 0 Å². The summed E-state index contributed by atoms with van der Waals surface area (Å²) in [5.74, 6) is 2.39. The predicted molar refractivity (Wildman–Crippen MR) is 93.5 cm³/mol. The van der Waals surface area contributed by atoms with Gasteiger partial charge in [-0.05, 0) is 53.8 Å². The van der Waals surface area contributed by atoms with Crippen LogP contribution in [0, 0.1) is 3.57 Å². The molecule has 0 atom stereocenters. The highest BCUT2D eigenvalue weighted by Gasteiger charge is 2.29. The van der Waals surface area contributed by atoms with Gasteiger partial charge in [0.05, 0.1) is 9.26 Å². The summed E-state index contributed by atoms with van der Waals surface area (Å²) in [5.41, 5.74) is 2.28. The molecule has 20 heavy (non-hydrogen) atoms. The van der Waals surface area contributed by atoms with Crippen LogP contribution in [0.1, 0.15) is 24.5 Å². The van der Waals surface area contributed by atoms with Crippen LogP contribution in [0.2, 0.25) is 0 Å². The molecule has 1 N–H and O–H groups in total. The lowest BCUT2D eigenvalue weighted by Gasteiger charge is -2.11. The first kappa shape index (κ1) is 14.1. The summed E-state index contributed by atoms with van der Waals surface area (Å²) in [6.45, 7) is 0. The summed E-state index contributed by atoms with van der Waals surface area (Å²) in [4.78, 5) is 10.7. The molecule has 3 rings (SSSR count). The van der Waals surface area contributed by atoms with Crippen LogP contribution in [0.25, 0.3) is 11.4 Å². The lowest BCUT2D eigenvalue weighted by atomic mass is 10.2. The standard InChI is InChI=1S/C15H16IN3S/c1-17-15-12(16)13(9-3-4-9)18-14(19-15)10-5-7-11(20-2)8-6-10/h5-9H,3-4H2,1-2H3,(H,17,18,19). The zero-order chi connectivity index (χ0) is 14.1. The van der Waals surface area contributed by atoms with Gasteiger partial charge in [0.25, 0.3) is 0 Å². The average Bonchev–Trinajstić information content (AvgIpc) is 3.32. The van der Waals surface area contributed by atoms with Crippen molar-refractivity contribution in [3.05, 3.63) is 33.5 Å². The van der Waals surface area contributed by atoms with E-state index in [9.17, 15) is 0 Å². The fourth-order valence-corrected chi connectivity index (χ4v) is 3.49. The van der Waals surface area contributed by atoms with E-state index in [0.717, 1.165) is 20.8 Å². The van der Waals surface area contributed by atoms with Crippen LogP contribution in [-0.4, -0.2) is 23.3 Å². The average molecular weight is 397 g/mol. The molecule has 5 heteroatoms. The van der Waals surface area contributed by atoms with Crippen molar-refractivity contribution in [1.29, 1.82) is 0 Å². The number of anilines is 1. The van der Waals surface area contributed by atoms with Gasteiger partial charge in [-0.1, -0.05) is 12.1 Å². The first-order chi connectivity index (χ1) is 9.72. The smallest absolute Gasteiger partial charge is 0.161 e. The van der Waals surface area contributed by atoms with Crippen LogP contribution < -0.4 is 5.32 Å². The lowest BCUT2D eigenvalue weighted by molar-refractivity contribution is 0.978. The van der Waals surface area contributed by atoms with Crippen LogP contribution in [0.5, 0.6) is 0 Å². The number of benzene rings is 1. The van der Waals surface area contributed by atoms with Crippen LogP contribution in [-0.2, 0) is 0 Å². The van der Waals surface area contributed by atoms with Gasteiger partial charge >= 0.3 is 0 Å². The van der Waals surface area contributed by atoms with E-state index in [1.165, 1.54) is 23.4 Å². The normalized spacial score (nSPS) is 14.3. The van der Waals surface area contributed by atoms with E-state index in [0.29, 0.717) is 5.92 Å². The van der Waals surface area contributed by atoms with E-state index >= 15 is 0 Å². The topological polar surface area (TPSA) is 37.8 Å². The number of halogens is 1. The van der Waals surface area contributed by atoms with Gasteiger partial charge < -0.3 is 5.32 Å². The van der Waals surface area contributed by atoms with Gasteiger partial charge in [-0.15, -0.1) is 11.8 Å². The van der Waals surface area contributed by atoms with Crippen molar-refractivity contribution >= 4 is 40.2 Å². The molecule has 3 nitrogen and oxygen atoms in total. The zero-order valence-corrected chi connectivity index (χ0v) is 14.5. The van der Waals surface area contributed by atoms with Gasteiger partial charge in [0, 0.05) is 23.4 Å². The monoisotopic (exact) mass is 397 g/mol. The van der Waals surface area contributed by atoms with Crippen LogP contribution in [0.4, 0.5) is 5.82 Å². The Kier molecular flexibility index (Phi) is 4.16. The maximum absolute atomic E-state index is 4.80. The highest BCUT2D eigenvalue weighted by molar-refractivity contribution is 14.1. The third kappa shape index (κ3) is 2.79. The highest BCUT2D eigenvalue weighted by Crippen LogP contribution is 2.42. The van der Waals surface area contributed by atoms with E-state index in [1.54, 1.807) is 11.8 Å². The molecular weight excluding hydrogens is 381 g/mol. The minimum absolute atomic E-state index is 0.626. The van der Waals surface area contributed by atoms with Gasteiger partial charge in [-0.3, -0.25) is 0 Å². The molecule has 1 saturated carbocycles. The summed E-state index contributed by atoms with van der Waals surface area (Å²) in [6.07, 6.45) is 4.59. The Labute approximate surface area is 137 Å². The first-order valence-corrected chi connectivity index (χ1v) is 8.93. The van der Waals surface area contributed by atoms with Crippen LogP contribution in [0.3, 0.4) is 0 Å². The Morgan fingerprint density at radius 3 is 2.45 bits per heavy atom. The highest BCUT2D eigenvalue weighted by atomic mass is 127. The second-order valence-corrected chi connectivity index (χ2v) is 6.81. The molecule has 0 amide bonds. The zero-order valence-electron chi connectivity index (χ0n) is 11.5. The fraction of sp³-hybridized carbons (Fsp3) is 0.333. The molecular formula is C15H16IN3S. The van der Waals surface area contributed by atoms with Gasteiger partial charge in [0.1, 0.15) is 5.82 Å². The van der Waals surface area contributed by atoms with E-state index < -0.39 is 0 Å². The molecule has 0 saturated heterocycles. The van der Waals surface area contributed by atoms with E-state index in [-0.39, 0.29) is 0 Å². The van der Waals surface area contributed by atoms with Crippen LogP contribution >= 0.6 is 34.4 Å². The Bertz CT molecular complexity index is 624. The molecule has 1 aliphatic rings. The van der Waals surface area contributed by atoms with E-state index in [1.807, 2.05) is 7.05 Å². The van der Waals surface area contributed by atoms with Gasteiger partial charge in [0.15, 0.2) is 5.82 Å². The Balaban J connectivity index is 2.05. The molecule has 2 aromatic rings. The summed E-state index contributed by atoms with van der Waals surface area (Å²) in [5, 5.41) is 3.19. The number of hydrogen-bond donors (Lipinski definition) is 1. The number of nitrogens with one attached hydrogen (secondary N) is 1. The van der Waals surface area contributed by atoms with Gasteiger partial charge in [-0.2, -0.15) is 0 Å². The van der Waals surface area contributed by atoms with Crippen LogP contribution in [0.15, 0.2) is 29.2 Å². The van der Waals surface area contributed by atoms with Gasteiger partial charge in [0.2, 0.25) is 0 Å². The summed E-state index contributed by atoms with van der Waals surface area (Å²) >= 11 is 4.10. The molecule has 0 unspecified atom stereocenters. The number of thioether (sulfide) groups is 1. The van der Waals surface area contributed by atoms with Gasteiger partial charge in [-0.25, -0.2) is 9.97 Å². The molecule has 104 valence electrons. The summed E-state index contributed by atoms with van der Waals surface area (Å²) < 4.78 is 1.16. The molecule has 1 aliphatic carbocycles. The van der Waals surface area contributed by atoms with Crippen molar-refractivity contribution in [3.8, 4) is 11.4 Å². The Hall–Kier alpha value is -0.820. The molecule has 1 aromatic heterocycles. The quantitative estimate of drug-likeness (QED) is 0.614. The van der Waals surface area contributed by atoms with E-state index in [4.69, 9.17) is 4.98 Å². The molecule has 0 bridgehead atoms. The third-order valence-corrected chi connectivity index (χ3v) is 5.23. The SMILES string of the molecule is CNc1nc(-c2ccc(SC)cc2)nc(C2CC2)c1I. The summed E-state index contributed by atoms with van der Waals surface area (Å²) in [6, 6.07) is 8.45. The van der Waals surface area contributed by atoms with Crippen molar-refractivity contribution in [3.63, 3.8) is 0 Å². The lowest BCUT2D eigenvalue weighted by Crippen LogP contribution is -2.04. The maximum atomic E-state index is 4.80. The van der Waals surface area contributed by atoms with Crippen molar-refractivity contribution in [2.24, 2.45) is 0 Å². The molecule has 0 aliphatic heterocycles. The fourth-order valence-electron chi connectivity index (χ4n) is 2.13. The minimum Gasteiger partial charge on any atom is -0.372 e. The van der Waals surface area contributed by atoms with E-state index in [2.05, 4.69) is 63.4 Å². The number of rotatable bonds is 4. The molecule has 0 spiro atoms. The molecule has 1 heterocycles. The Morgan fingerprint density at radius 2 is 1.90 bits per heavy atom. The molecule has 1 fully saturated rings. The largest absolute Gasteiger partial charge is 0.372 e. The second kappa shape index (κ2) is 5.89. The van der Waals surface area contributed by atoms with Crippen molar-refractivity contribution in [2.45, 2.75) is 23.7 Å².